The molecule has 322 valence electrons. The summed E-state index contributed by atoms with van der Waals surface area (Å²) in [7, 11) is -16.4. The number of amides is 2. The molecular formula is C27H44N7O19P3S. The number of rotatable bonds is 20. The first kappa shape index (κ1) is 50.0. The first-order valence-electron chi connectivity index (χ1n) is 16.2. The Labute approximate surface area is 328 Å². The third-order valence-electron chi connectivity index (χ3n) is 7.30. The van der Waals surface area contributed by atoms with Crippen molar-refractivity contribution in [3.63, 3.8) is 0 Å². The van der Waals surface area contributed by atoms with Crippen molar-refractivity contribution in [2.24, 2.45) is 5.41 Å². The van der Waals surface area contributed by atoms with Crippen LogP contribution in [-0.4, -0.2) is 134 Å². The summed E-state index contributed by atoms with van der Waals surface area (Å²) >= 11 is 1.03. The third-order valence-corrected chi connectivity index (χ3v) is 11.2. The molecule has 0 radical (unpaired) electrons. The van der Waals surface area contributed by atoms with Gasteiger partial charge >= 0.3 is 23.5 Å². The molecule has 3 rings (SSSR count). The number of thioether (sulfide) groups is 1. The second-order valence-electron chi connectivity index (χ2n) is 12.5. The minimum absolute atomic E-state index is 0.0310. The highest BCUT2D eigenvalue weighted by atomic mass is 32.2. The van der Waals surface area contributed by atoms with Gasteiger partial charge in [-0.2, -0.15) is 4.31 Å². The van der Waals surface area contributed by atoms with E-state index >= 15 is 0 Å². The number of nitrogen functional groups attached to an aromatic ring is 1. The molecule has 1 aliphatic rings. The first-order valence-corrected chi connectivity index (χ1v) is 21.7. The Morgan fingerprint density at radius 1 is 0.982 bits per heavy atom. The summed E-state index contributed by atoms with van der Waals surface area (Å²) in [6.45, 7) is 4.41. The number of Topliss-reactive ketones (excluding diaryl/α,β-unsaturated/α-hetero) is 2. The van der Waals surface area contributed by atoms with Crippen LogP contribution in [0.25, 0.3) is 11.2 Å². The summed E-state index contributed by atoms with van der Waals surface area (Å²) in [5, 5.41) is 26.1. The van der Waals surface area contributed by atoms with Gasteiger partial charge < -0.3 is 50.9 Å². The summed E-state index contributed by atoms with van der Waals surface area (Å²) in [5.74, 6) is -1.84. The molecule has 0 aromatic carbocycles. The van der Waals surface area contributed by atoms with Crippen LogP contribution < -0.4 is 16.4 Å². The number of hydrogen-bond donors (Lipinski definition) is 9. The summed E-state index contributed by atoms with van der Waals surface area (Å²) in [6, 6.07) is 0. The van der Waals surface area contributed by atoms with Crippen LogP contribution in [0.5, 0.6) is 0 Å². The predicted molar refractivity (Wildman–Crippen MR) is 194 cm³/mol. The Bertz CT molecular complexity index is 1900. The van der Waals surface area contributed by atoms with Gasteiger partial charge in [0, 0.05) is 51.4 Å². The molecule has 30 heteroatoms. The van der Waals surface area contributed by atoms with Crippen LogP contribution >= 0.6 is 35.2 Å². The van der Waals surface area contributed by atoms with Gasteiger partial charge in [0.2, 0.25) is 11.8 Å². The van der Waals surface area contributed by atoms with Crippen molar-refractivity contribution < 1.29 is 90.1 Å². The molecule has 0 saturated carbocycles. The fourth-order valence-corrected chi connectivity index (χ4v) is 7.65. The van der Waals surface area contributed by atoms with E-state index < -0.39 is 84.6 Å². The molecule has 7 atom stereocenters. The van der Waals surface area contributed by atoms with Gasteiger partial charge in [-0.3, -0.25) is 42.1 Å². The highest BCUT2D eigenvalue weighted by molar-refractivity contribution is 8.13. The van der Waals surface area contributed by atoms with Gasteiger partial charge in [0.05, 0.1) is 19.5 Å². The third kappa shape index (κ3) is 16.6. The van der Waals surface area contributed by atoms with Gasteiger partial charge in [0.25, 0.3) is 0 Å². The number of imidazole rings is 1. The number of aromatic nitrogens is 4. The maximum absolute atomic E-state index is 12.6. The second-order valence-corrected chi connectivity index (χ2v) is 18.0. The van der Waals surface area contributed by atoms with Gasteiger partial charge in [-0.25, -0.2) is 28.6 Å². The maximum atomic E-state index is 12.6. The number of ether oxygens (including phenoxy) is 1. The van der Waals surface area contributed by atoms with Crippen molar-refractivity contribution in [1.29, 1.82) is 0 Å². The number of nitrogens with zero attached hydrogens (tertiary/aromatic N) is 4. The molecule has 0 aliphatic carbocycles. The molecule has 1 saturated heterocycles. The monoisotopic (exact) mass is 895 g/mol. The fraction of sp³-hybridized carbons (Fsp3) is 0.630. The number of nitrogens with one attached hydrogen (secondary N) is 2. The summed E-state index contributed by atoms with van der Waals surface area (Å²) in [6.07, 6.45) is -6.88. The van der Waals surface area contributed by atoms with Crippen LogP contribution in [0.15, 0.2) is 12.7 Å². The molecule has 2 aromatic rings. The molecule has 3 heterocycles. The van der Waals surface area contributed by atoms with Crippen molar-refractivity contribution in [2.45, 2.75) is 71.7 Å². The number of fused-ring (bicyclic) bond motifs is 1. The van der Waals surface area contributed by atoms with Crippen molar-refractivity contribution >= 4 is 80.7 Å². The average Bonchev–Trinajstić information content (AvgIpc) is 3.64. The van der Waals surface area contributed by atoms with Crippen LogP contribution in [0.3, 0.4) is 0 Å². The first-order chi connectivity index (χ1) is 26.2. The minimum atomic E-state index is -5.56. The van der Waals surface area contributed by atoms with Crippen molar-refractivity contribution in [1.82, 2.24) is 30.2 Å². The SMILES string of the molecule is CC(=O)C(C)=O.CC(=O)SCCNC(=O)CCNC(=O)C(O)C(C)(C)COP(=O)(O)OP(=O)(O)OC[C@H]1O[C@@H](n2cnc3c(N)ncnc32)[C@H](O)[C@@H]1OP(=O)(O)O. The number of ketones is 2. The lowest BCUT2D eigenvalue weighted by Crippen LogP contribution is -2.46. The van der Waals surface area contributed by atoms with Gasteiger partial charge in [0.1, 0.15) is 36.3 Å². The number of hydrogen-bond acceptors (Lipinski definition) is 20. The number of phosphoric ester groups is 3. The van der Waals surface area contributed by atoms with E-state index in [9.17, 15) is 67.5 Å². The number of anilines is 1. The van der Waals surface area contributed by atoms with E-state index in [0.717, 1.165) is 29.0 Å². The molecule has 3 unspecified atom stereocenters. The van der Waals surface area contributed by atoms with Crippen LogP contribution in [0, 0.1) is 5.41 Å². The largest absolute Gasteiger partial charge is 0.481 e. The number of phosphoric acid groups is 3. The van der Waals surface area contributed by atoms with E-state index in [1.54, 1.807) is 0 Å². The molecular weight excluding hydrogens is 851 g/mol. The van der Waals surface area contributed by atoms with Crippen LogP contribution in [-0.2, 0) is 60.3 Å². The Kier molecular flexibility index (Phi) is 18.7. The molecule has 0 bridgehead atoms. The quantitative estimate of drug-likeness (QED) is 0.0430. The number of carbonyl (C=O) groups is 5. The van der Waals surface area contributed by atoms with E-state index in [4.69, 9.17) is 19.5 Å². The molecule has 2 amide bonds. The Balaban J connectivity index is 0.00000173. The smallest absolute Gasteiger partial charge is 0.386 e. The summed E-state index contributed by atoms with van der Waals surface area (Å²) in [5.41, 5.74) is 4.26. The van der Waals surface area contributed by atoms with Crippen molar-refractivity contribution in [3.8, 4) is 0 Å². The van der Waals surface area contributed by atoms with Crippen molar-refractivity contribution in [2.75, 3.05) is 37.8 Å². The number of aliphatic hydroxyl groups is 2. The van der Waals surface area contributed by atoms with Gasteiger partial charge in [0.15, 0.2) is 34.4 Å². The zero-order chi connectivity index (χ0) is 43.5. The van der Waals surface area contributed by atoms with Crippen LogP contribution in [0.1, 0.15) is 47.3 Å². The van der Waals surface area contributed by atoms with Crippen molar-refractivity contribution in [3.05, 3.63) is 12.7 Å². The highest BCUT2D eigenvalue weighted by Gasteiger charge is 2.50. The van der Waals surface area contributed by atoms with Crippen LogP contribution in [0.4, 0.5) is 5.82 Å². The molecule has 1 aliphatic heterocycles. The number of aliphatic hydroxyl groups excluding tert-OH is 2. The average molecular weight is 896 g/mol. The van der Waals surface area contributed by atoms with Gasteiger partial charge in [-0.1, -0.05) is 25.6 Å². The standard InChI is InChI=1S/C23H38N7O17P3S.C4H6O2/c1-12(31)51-7-6-25-14(32)4-5-26-21(35)18(34)23(2,3)9-44-50(41,42)47-49(39,40)43-8-13-17(46-48(36,37)38)16(33)22(45-13)30-11-29-15-19(24)27-10-28-20(15)30;1-3(5)4(2)6/h10-11,13,16-18,22,33-34H,4-9H2,1-3H3,(H,25,32)(H,26,35)(H,39,40)(H,41,42)(H2,24,27,28)(H2,36,37,38);1-2H3/t13-,16-,17-,18?,22-;/m1./s1. The molecule has 1 fully saturated rings. The Morgan fingerprint density at radius 2 is 1.60 bits per heavy atom. The van der Waals surface area contributed by atoms with E-state index in [1.807, 2.05) is 0 Å². The summed E-state index contributed by atoms with van der Waals surface area (Å²) < 4.78 is 61.8. The van der Waals surface area contributed by atoms with E-state index in [2.05, 4.69) is 34.4 Å². The molecule has 10 N–H and O–H groups in total. The lowest BCUT2D eigenvalue weighted by molar-refractivity contribution is -0.137. The topological polar surface area (TPSA) is 398 Å². The van der Waals surface area contributed by atoms with Crippen LogP contribution in [0.2, 0.25) is 0 Å². The molecule has 26 nitrogen and oxygen atoms in total. The second kappa shape index (κ2) is 21.2. The highest BCUT2D eigenvalue weighted by Crippen LogP contribution is 2.61. The normalized spacial score (nSPS) is 21.0. The molecule has 0 spiro atoms. The Hall–Kier alpha value is -3.10. The predicted octanol–water partition coefficient (Wildman–Crippen LogP) is -1.15. The zero-order valence-corrected chi connectivity index (χ0v) is 34.4. The summed E-state index contributed by atoms with van der Waals surface area (Å²) in [4.78, 5) is 106. The van der Waals surface area contributed by atoms with E-state index in [0.29, 0.717) is 5.75 Å². The number of nitrogens with two attached hydrogens (primary N) is 1. The fourth-order valence-electron chi connectivity index (χ4n) is 4.32. The molecule has 2 aromatic heterocycles. The molecule has 57 heavy (non-hydrogen) atoms. The van der Waals surface area contributed by atoms with E-state index in [1.165, 1.54) is 34.6 Å². The lowest BCUT2D eigenvalue weighted by atomic mass is 9.87. The maximum Gasteiger partial charge on any atom is 0.481 e. The van der Waals surface area contributed by atoms with Gasteiger partial charge in [-0.05, 0) is 0 Å². The van der Waals surface area contributed by atoms with E-state index in [-0.39, 0.29) is 53.2 Å². The lowest BCUT2D eigenvalue weighted by Gasteiger charge is -2.30. The Morgan fingerprint density at radius 3 is 2.18 bits per heavy atom. The van der Waals surface area contributed by atoms with Gasteiger partial charge in [-0.15, -0.1) is 0 Å². The zero-order valence-electron chi connectivity index (χ0n) is 30.9. The number of carbonyl (C=O) groups excluding carboxylic acids is 5. The minimum Gasteiger partial charge on any atom is -0.386 e.